The largest absolute Gasteiger partial charge is 0.364 e. The van der Waals surface area contributed by atoms with E-state index in [-0.39, 0.29) is 0 Å². The Bertz CT molecular complexity index is 457. The lowest BCUT2D eigenvalue weighted by Crippen LogP contribution is -2.29. The number of aromatic nitrogens is 2. The van der Waals surface area contributed by atoms with Gasteiger partial charge in [-0.25, -0.2) is 0 Å². The summed E-state index contributed by atoms with van der Waals surface area (Å²) in [6.07, 6.45) is 6.07. The Balaban J connectivity index is 1.75. The molecule has 1 aliphatic carbocycles. The van der Waals surface area contributed by atoms with Crippen molar-refractivity contribution in [3.63, 3.8) is 0 Å². The van der Waals surface area contributed by atoms with Crippen molar-refractivity contribution in [3.05, 3.63) is 11.3 Å². The first-order valence-electron chi connectivity index (χ1n) is 8.13. The van der Waals surface area contributed by atoms with E-state index < -0.39 is 0 Å². The van der Waals surface area contributed by atoms with Crippen LogP contribution in [0.1, 0.15) is 51.3 Å². The number of rotatable bonds is 4. The summed E-state index contributed by atoms with van der Waals surface area (Å²) in [5.41, 5.74) is 3.25. The number of aromatic amines is 1. The molecule has 3 rings (SSSR count). The van der Waals surface area contributed by atoms with E-state index in [1.54, 1.807) is 0 Å². The summed E-state index contributed by atoms with van der Waals surface area (Å²) in [6, 6.07) is 0.543. The van der Waals surface area contributed by atoms with Crippen molar-refractivity contribution in [2.75, 3.05) is 18.4 Å². The SMILES string of the molecule is CCC(C)(C)C1CCc2[nH]nc(NC3CCNC3)c2C1. The maximum atomic E-state index is 4.54. The van der Waals surface area contributed by atoms with Crippen LogP contribution < -0.4 is 10.6 Å². The number of nitrogens with one attached hydrogen (secondary N) is 3. The monoisotopic (exact) mass is 276 g/mol. The molecule has 1 aliphatic heterocycles. The molecule has 0 aromatic carbocycles. The first-order valence-corrected chi connectivity index (χ1v) is 8.13. The first-order chi connectivity index (χ1) is 9.60. The van der Waals surface area contributed by atoms with Crippen LogP contribution in [-0.2, 0) is 12.8 Å². The Kier molecular flexibility index (Phi) is 3.76. The third kappa shape index (κ3) is 2.58. The number of hydrogen-bond acceptors (Lipinski definition) is 3. The van der Waals surface area contributed by atoms with Gasteiger partial charge in [0.1, 0.15) is 0 Å². The number of hydrogen-bond donors (Lipinski definition) is 3. The van der Waals surface area contributed by atoms with E-state index in [1.807, 2.05) is 0 Å². The van der Waals surface area contributed by atoms with Crippen molar-refractivity contribution >= 4 is 5.82 Å². The van der Waals surface area contributed by atoms with Gasteiger partial charge in [-0.3, -0.25) is 5.10 Å². The van der Waals surface area contributed by atoms with Crippen molar-refractivity contribution in [2.45, 2.75) is 58.9 Å². The van der Waals surface area contributed by atoms with Gasteiger partial charge in [0.05, 0.1) is 0 Å². The second kappa shape index (κ2) is 5.40. The van der Waals surface area contributed by atoms with E-state index in [1.165, 1.54) is 36.9 Å². The smallest absolute Gasteiger partial charge is 0.151 e. The molecule has 112 valence electrons. The fourth-order valence-corrected chi connectivity index (χ4v) is 3.54. The normalized spacial score (nSPS) is 26.6. The number of fused-ring (bicyclic) bond motifs is 1. The van der Waals surface area contributed by atoms with Gasteiger partial charge in [0, 0.05) is 23.8 Å². The third-order valence-electron chi connectivity index (χ3n) is 5.56. The van der Waals surface area contributed by atoms with Crippen LogP contribution in [0.4, 0.5) is 5.82 Å². The molecular weight excluding hydrogens is 248 g/mol. The molecule has 1 aromatic rings. The summed E-state index contributed by atoms with van der Waals surface area (Å²) < 4.78 is 0. The highest BCUT2D eigenvalue weighted by Crippen LogP contribution is 2.41. The lowest BCUT2D eigenvalue weighted by molar-refractivity contribution is 0.182. The predicted octanol–water partition coefficient (Wildman–Crippen LogP) is 2.72. The topological polar surface area (TPSA) is 52.7 Å². The molecule has 1 aromatic heterocycles. The average Bonchev–Trinajstić information content (AvgIpc) is 3.09. The highest BCUT2D eigenvalue weighted by Gasteiger charge is 2.33. The standard InChI is InChI=1S/C16H28N4/c1-4-16(2,3)11-5-6-14-13(9-11)15(20-19-14)18-12-7-8-17-10-12/h11-12,17H,4-10H2,1-3H3,(H2,18,19,20). The lowest BCUT2D eigenvalue weighted by atomic mass is 9.69. The molecule has 1 fully saturated rings. The maximum Gasteiger partial charge on any atom is 0.151 e. The zero-order valence-corrected chi connectivity index (χ0v) is 13.1. The Hall–Kier alpha value is -1.03. The molecular formula is C16H28N4. The summed E-state index contributed by atoms with van der Waals surface area (Å²) in [7, 11) is 0. The van der Waals surface area contributed by atoms with E-state index in [0.29, 0.717) is 11.5 Å². The Morgan fingerprint density at radius 3 is 2.90 bits per heavy atom. The van der Waals surface area contributed by atoms with Gasteiger partial charge in [-0.1, -0.05) is 27.2 Å². The van der Waals surface area contributed by atoms with Crippen LogP contribution in [0, 0.1) is 11.3 Å². The van der Waals surface area contributed by atoms with Crippen LogP contribution in [-0.4, -0.2) is 29.3 Å². The van der Waals surface area contributed by atoms with Gasteiger partial charge >= 0.3 is 0 Å². The summed E-state index contributed by atoms with van der Waals surface area (Å²) in [6.45, 7) is 9.32. The van der Waals surface area contributed by atoms with E-state index in [0.717, 1.165) is 31.2 Å². The highest BCUT2D eigenvalue weighted by atomic mass is 15.2. The molecule has 2 heterocycles. The maximum absolute atomic E-state index is 4.54. The van der Waals surface area contributed by atoms with Crippen LogP contribution >= 0.6 is 0 Å². The van der Waals surface area contributed by atoms with Gasteiger partial charge in [-0.2, -0.15) is 5.10 Å². The minimum Gasteiger partial charge on any atom is -0.364 e. The van der Waals surface area contributed by atoms with Gasteiger partial charge in [-0.05, 0) is 43.6 Å². The van der Waals surface area contributed by atoms with E-state index in [4.69, 9.17) is 0 Å². The summed E-state index contributed by atoms with van der Waals surface area (Å²) in [5, 5.41) is 14.8. The average molecular weight is 276 g/mol. The molecule has 3 N–H and O–H groups in total. The van der Waals surface area contributed by atoms with Crippen molar-refractivity contribution < 1.29 is 0 Å². The van der Waals surface area contributed by atoms with Crippen molar-refractivity contribution in [2.24, 2.45) is 11.3 Å². The van der Waals surface area contributed by atoms with Crippen LogP contribution in [0.2, 0.25) is 0 Å². The van der Waals surface area contributed by atoms with E-state index >= 15 is 0 Å². The lowest BCUT2D eigenvalue weighted by Gasteiger charge is -2.36. The quantitative estimate of drug-likeness (QED) is 0.792. The summed E-state index contributed by atoms with van der Waals surface area (Å²) in [4.78, 5) is 0. The second-order valence-electron chi connectivity index (χ2n) is 7.15. The molecule has 4 heteroatoms. The zero-order chi connectivity index (χ0) is 14.2. The molecule has 0 amide bonds. The van der Waals surface area contributed by atoms with Crippen LogP contribution in [0.3, 0.4) is 0 Å². The molecule has 2 unspecified atom stereocenters. The van der Waals surface area contributed by atoms with E-state index in [2.05, 4.69) is 41.6 Å². The molecule has 4 nitrogen and oxygen atoms in total. The second-order valence-corrected chi connectivity index (χ2v) is 7.15. The van der Waals surface area contributed by atoms with Gasteiger partial charge in [0.25, 0.3) is 0 Å². The first kappa shape index (κ1) is 13.9. The van der Waals surface area contributed by atoms with Gasteiger partial charge in [-0.15, -0.1) is 0 Å². The fraction of sp³-hybridized carbons (Fsp3) is 0.812. The van der Waals surface area contributed by atoms with Crippen molar-refractivity contribution in [1.29, 1.82) is 0 Å². The number of H-pyrrole nitrogens is 1. The minimum absolute atomic E-state index is 0.432. The summed E-state index contributed by atoms with van der Waals surface area (Å²) in [5.74, 6) is 1.89. The molecule has 0 radical (unpaired) electrons. The van der Waals surface area contributed by atoms with Crippen molar-refractivity contribution in [1.82, 2.24) is 15.5 Å². The zero-order valence-electron chi connectivity index (χ0n) is 13.1. The molecule has 0 spiro atoms. The van der Waals surface area contributed by atoms with Gasteiger partial charge in [0.15, 0.2) is 5.82 Å². The van der Waals surface area contributed by atoms with Gasteiger partial charge in [0.2, 0.25) is 0 Å². The number of nitrogens with zero attached hydrogens (tertiary/aromatic N) is 1. The van der Waals surface area contributed by atoms with Crippen LogP contribution in [0.15, 0.2) is 0 Å². The highest BCUT2D eigenvalue weighted by molar-refractivity contribution is 5.49. The molecule has 1 saturated heterocycles. The van der Waals surface area contributed by atoms with Crippen LogP contribution in [0.5, 0.6) is 0 Å². The third-order valence-corrected chi connectivity index (χ3v) is 5.56. The van der Waals surface area contributed by atoms with E-state index in [9.17, 15) is 0 Å². The Labute approximate surface area is 122 Å². The molecule has 20 heavy (non-hydrogen) atoms. The molecule has 0 saturated carbocycles. The van der Waals surface area contributed by atoms with Crippen molar-refractivity contribution in [3.8, 4) is 0 Å². The minimum atomic E-state index is 0.432. The molecule has 2 aliphatic rings. The van der Waals surface area contributed by atoms with Gasteiger partial charge < -0.3 is 10.6 Å². The molecule has 0 bridgehead atoms. The molecule has 2 atom stereocenters. The number of aryl methyl sites for hydroxylation is 1. The Morgan fingerprint density at radius 2 is 2.20 bits per heavy atom. The Morgan fingerprint density at radius 1 is 1.35 bits per heavy atom. The van der Waals surface area contributed by atoms with Crippen LogP contribution in [0.25, 0.3) is 0 Å². The predicted molar refractivity (Wildman–Crippen MR) is 83.1 cm³/mol. The number of anilines is 1. The fourth-order valence-electron chi connectivity index (χ4n) is 3.54. The summed E-state index contributed by atoms with van der Waals surface area (Å²) >= 11 is 0.